The SMILES string of the molecule is COc1ccc(-c2nn3c(=O)cc(CN4CCN(C(=O)Cc5ccccc5)CC4)nc3s2)cc1. The van der Waals surface area contributed by atoms with E-state index in [1.54, 1.807) is 13.2 Å². The highest BCUT2D eigenvalue weighted by Gasteiger charge is 2.22. The second-order valence-electron chi connectivity index (χ2n) is 8.24. The first kappa shape index (κ1) is 22.2. The molecule has 0 saturated carbocycles. The van der Waals surface area contributed by atoms with Crippen molar-refractivity contribution in [2.45, 2.75) is 13.0 Å². The third-order valence-electron chi connectivity index (χ3n) is 5.94. The van der Waals surface area contributed by atoms with Gasteiger partial charge in [0.15, 0.2) is 0 Å². The molecule has 0 spiro atoms. The van der Waals surface area contributed by atoms with Crippen molar-refractivity contribution in [2.75, 3.05) is 33.3 Å². The molecule has 0 atom stereocenters. The first-order valence-corrected chi connectivity index (χ1v) is 12.0. The van der Waals surface area contributed by atoms with Gasteiger partial charge in [-0.2, -0.15) is 9.61 Å². The number of benzene rings is 2. The molecule has 0 unspecified atom stereocenters. The van der Waals surface area contributed by atoms with Crippen molar-refractivity contribution >= 4 is 22.2 Å². The molecule has 1 aliphatic rings. The summed E-state index contributed by atoms with van der Waals surface area (Å²) in [5.74, 6) is 0.920. The van der Waals surface area contributed by atoms with E-state index in [1.165, 1.54) is 15.9 Å². The van der Waals surface area contributed by atoms with Crippen LogP contribution in [0.3, 0.4) is 0 Å². The molecule has 1 amide bonds. The van der Waals surface area contributed by atoms with Crippen LogP contribution in [-0.4, -0.2) is 63.6 Å². The fourth-order valence-electron chi connectivity index (χ4n) is 4.05. The standard InChI is InChI=1S/C25H25N5O3S/c1-33-21-9-7-19(8-10-21)24-27-30-23(32)16-20(26-25(30)34-24)17-28-11-13-29(14-12-28)22(31)15-18-5-3-2-4-6-18/h2-10,16H,11-15,17H2,1H3. The van der Waals surface area contributed by atoms with Crippen LogP contribution >= 0.6 is 11.3 Å². The van der Waals surface area contributed by atoms with E-state index in [2.05, 4.69) is 10.00 Å². The number of methoxy groups -OCH3 is 1. The van der Waals surface area contributed by atoms with Crippen LogP contribution in [0.4, 0.5) is 0 Å². The molecule has 3 heterocycles. The first-order valence-electron chi connectivity index (χ1n) is 11.2. The number of ether oxygens (including phenoxy) is 1. The number of carbonyl (C=O) groups is 1. The summed E-state index contributed by atoms with van der Waals surface area (Å²) in [5, 5.41) is 5.18. The highest BCUT2D eigenvalue weighted by molar-refractivity contribution is 7.19. The van der Waals surface area contributed by atoms with Crippen LogP contribution < -0.4 is 10.3 Å². The normalized spacial score (nSPS) is 14.4. The number of piperazine rings is 1. The van der Waals surface area contributed by atoms with Crippen molar-refractivity contribution in [3.8, 4) is 16.3 Å². The van der Waals surface area contributed by atoms with Crippen LogP contribution in [0, 0.1) is 0 Å². The Morgan fingerprint density at radius 2 is 1.76 bits per heavy atom. The number of hydrogen-bond acceptors (Lipinski definition) is 7. The zero-order chi connectivity index (χ0) is 23.5. The van der Waals surface area contributed by atoms with Gasteiger partial charge in [0.2, 0.25) is 10.9 Å². The summed E-state index contributed by atoms with van der Waals surface area (Å²) in [6, 6.07) is 18.9. The van der Waals surface area contributed by atoms with Gasteiger partial charge in [0.05, 0.1) is 19.2 Å². The van der Waals surface area contributed by atoms with E-state index in [0.717, 1.165) is 40.7 Å². The molecule has 2 aromatic heterocycles. The Balaban J connectivity index is 1.23. The van der Waals surface area contributed by atoms with Crippen LogP contribution in [0.5, 0.6) is 5.75 Å². The number of fused-ring (bicyclic) bond motifs is 1. The number of aromatic nitrogens is 3. The maximum atomic E-state index is 12.7. The minimum Gasteiger partial charge on any atom is -0.497 e. The van der Waals surface area contributed by atoms with Gasteiger partial charge < -0.3 is 9.64 Å². The van der Waals surface area contributed by atoms with E-state index >= 15 is 0 Å². The zero-order valence-corrected chi connectivity index (χ0v) is 19.7. The molecule has 1 saturated heterocycles. The minimum absolute atomic E-state index is 0.152. The lowest BCUT2D eigenvalue weighted by molar-refractivity contribution is -0.132. The van der Waals surface area contributed by atoms with Gasteiger partial charge in [0, 0.05) is 44.4 Å². The summed E-state index contributed by atoms with van der Waals surface area (Å²) < 4.78 is 6.56. The van der Waals surface area contributed by atoms with Crippen LogP contribution in [0.1, 0.15) is 11.3 Å². The predicted molar refractivity (Wildman–Crippen MR) is 131 cm³/mol. The van der Waals surface area contributed by atoms with E-state index < -0.39 is 0 Å². The first-order chi connectivity index (χ1) is 16.6. The van der Waals surface area contributed by atoms with Crippen LogP contribution in [0.15, 0.2) is 65.5 Å². The van der Waals surface area contributed by atoms with E-state index in [9.17, 15) is 9.59 Å². The van der Waals surface area contributed by atoms with Crippen molar-refractivity contribution in [2.24, 2.45) is 0 Å². The molecular weight excluding hydrogens is 450 g/mol. The summed E-state index contributed by atoms with van der Waals surface area (Å²) in [4.78, 5) is 34.7. The Bertz CT molecular complexity index is 1340. The molecule has 5 rings (SSSR count). The third kappa shape index (κ3) is 4.85. The second-order valence-corrected chi connectivity index (χ2v) is 9.19. The van der Waals surface area contributed by atoms with Gasteiger partial charge in [-0.3, -0.25) is 14.5 Å². The van der Waals surface area contributed by atoms with Crippen molar-refractivity contribution in [3.63, 3.8) is 0 Å². The average Bonchev–Trinajstić information content (AvgIpc) is 3.30. The van der Waals surface area contributed by atoms with E-state index in [-0.39, 0.29) is 11.5 Å². The van der Waals surface area contributed by atoms with Crippen LogP contribution in [-0.2, 0) is 17.8 Å². The van der Waals surface area contributed by atoms with Gasteiger partial charge in [-0.05, 0) is 29.8 Å². The largest absolute Gasteiger partial charge is 0.497 e. The van der Waals surface area contributed by atoms with Gasteiger partial charge in [0.25, 0.3) is 5.56 Å². The number of nitrogens with zero attached hydrogens (tertiary/aromatic N) is 5. The molecule has 2 aromatic carbocycles. The molecule has 0 radical (unpaired) electrons. The summed E-state index contributed by atoms with van der Waals surface area (Å²) in [6.45, 7) is 3.43. The molecule has 1 fully saturated rings. The molecule has 0 bridgehead atoms. The van der Waals surface area contributed by atoms with E-state index in [4.69, 9.17) is 9.72 Å². The summed E-state index contributed by atoms with van der Waals surface area (Å²) in [7, 11) is 1.63. The summed E-state index contributed by atoms with van der Waals surface area (Å²) in [6.07, 6.45) is 0.428. The lowest BCUT2D eigenvalue weighted by Crippen LogP contribution is -2.48. The van der Waals surface area contributed by atoms with E-state index in [0.29, 0.717) is 31.0 Å². The summed E-state index contributed by atoms with van der Waals surface area (Å²) >= 11 is 1.39. The van der Waals surface area contributed by atoms with E-state index in [1.807, 2.05) is 59.5 Å². The molecule has 9 heteroatoms. The lowest BCUT2D eigenvalue weighted by Gasteiger charge is -2.34. The van der Waals surface area contributed by atoms with Crippen molar-refractivity contribution in [3.05, 3.63) is 82.3 Å². The van der Waals surface area contributed by atoms with Crippen molar-refractivity contribution in [1.29, 1.82) is 0 Å². The molecular formula is C25H25N5O3S. The smallest absolute Gasteiger partial charge is 0.275 e. The number of hydrogen-bond donors (Lipinski definition) is 0. The van der Waals surface area contributed by atoms with Crippen LogP contribution in [0.2, 0.25) is 0 Å². The number of carbonyl (C=O) groups excluding carboxylic acids is 1. The van der Waals surface area contributed by atoms with Crippen molar-refractivity contribution in [1.82, 2.24) is 24.4 Å². The Morgan fingerprint density at radius 1 is 1.03 bits per heavy atom. The maximum Gasteiger partial charge on any atom is 0.275 e. The third-order valence-corrected chi connectivity index (χ3v) is 6.90. The van der Waals surface area contributed by atoms with Gasteiger partial charge in [-0.25, -0.2) is 4.98 Å². The van der Waals surface area contributed by atoms with Gasteiger partial charge in [-0.1, -0.05) is 41.7 Å². The molecule has 1 aliphatic heterocycles. The van der Waals surface area contributed by atoms with Crippen molar-refractivity contribution < 1.29 is 9.53 Å². The number of rotatable bonds is 6. The molecule has 8 nitrogen and oxygen atoms in total. The van der Waals surface area contributed by atoms with Gasteiger partial charge in [0.1, 0.15) is 10.8 Å². The fourth-order valence-corrected chi connectivity index (χ4v) is 4.98. The Kier molecular flexibility index (Phi) is 6.37. The zero-order valence-electron chi connectivity index (χ0n) is 18.9. The highest BCUT2D eigenvalue weighted by atomic mass is 32.1. The maximum absolute atomic E-state index is 12.7. The Labute approximate surface area is 201 Å². The number of amides is 1. The van der Waals surface area contributed by atoms with Gasteiger partial charge in [-0.15, -0.1) is 0 Å². The van der Waals surface area contributed by atoms with Gasteiger partial charge >= 0.3 is 0 Å². The topological polar surface area (TPSA) is 80.0 Å². The minimum atomic E-state index is -0.187. The molecule has 174 valence electrons. The molecule has 4 aromatic rings. The lowest BCUT2D eigenvalue weighted by atomic mass is 10.1. The molecule has 0 aliphatic carbocycles. The highest BCUT2D eigenvalue weighted by Crippen LogP contribution is 2.26. The Hall–Kier alpha value is -3.56. The predicted octanol–water partition coefficient (Wildman–Crippen LogP) is 2.71. The quantitative estimate of drug-likeness (QED) is 0.427. The second kappa shape index (κ2) is 9.74. The average molecular weight is 476 g/mol. The fraction of sp³-hybridized carbons (Fsp3) is 0.280. The Morgan fingerprint density at radius 3 is 2.47 bits per heavy atom. The monoisotopic (exact) mass is 475 g/mol. The molecule has 34 heavy (non-hydrogen) atoms. The van der Waals surface area contributed by atoms with Crippen LogP contribution in [0.25, 0.3) is 15.5 Å². The summed E-state index contributed by atoms with van der Waals surface area (Å²) in [5.41, 5.74) is 2.48. The molecule has 0 N–H and O–H groups in total.